The van der Waals surface area contributed by atoms with Gasteiger partial charge in [0.15, 0.2) is 5.69 Å². The fraction of sp³-hybridized carbons (Fsp3) is 0.167. The molecule has 18 heavy (non-hydrogen) atoms. The summed E-state index contributed by atoms with van der Waals surface area (Å²) in [6.07, 6.45) is 0. The molecule has 0 aliphatic rings. The zero-order valence-electron chi connectivity index (χ0n) is 9.07. The van der Waals surface area contributed by atoms with Crippen LogP contribution >= 0.6 is 34.8 Å². The Hall–Kier alpha value is -1.03. The van der Waals surface area contributed by atoms with Crippen LogP contribution in [0.25, 0.3) is 10.9 Å². The van der Waals surface area contributed by atoms with Crippen molar-refractivity contribution < 1.29 is 9.53 Å². The largest absolute Gasteiger partial charge is 0.458 e. The number of para-hydroxylation sites is 1. The number of carbonyl (C=O) groups is 1. The summed E-state index contributed by atoms with van der Waals surface area (Å²) in [7, 11) is 0. The molecule has 0 aliphatic carbocycles. The molecule has 2 aromatic rings. The number of hydrogen-bond donors (Lipinski definition) is 0. The van der Waals surface area contributed by atoms with Crippen LogP contribution in [0.3, 0.4) is 0 Å². The van der Waals surface area contributed by atoms with Crippen LogP contribution in [0.1, 0.15) is 10.5 Å². The van der Waals surface area contributed by atoms with Gasteiger partial charge in [-0.15, -0.1) is 23.2 Å². The third kappa shape index (κ3) is 3.05. The molecule has 0 saturated heterocycles. The molecule has 0 radical (unpaired) electrons. The summed E-state index contributed by atoms with van der Waals surface area (Å²) in [5, 5.41) is 1.09. The minimum atomic E-state index is -0.770. The Morgan fingerprint density at radius 2 is 2.06 bits per heavy atom. The van der Waals surface area contributed by atoms with Gasteiger partial charge in [0.1, 0.15) is 11.4 Å². The second kappa shape index (κ2) is 5.74. The first-order chi connectivity index (χ1) is 8.58. The Balaban J connectivity index is 2.32. The Labute approximate surface area is 119 Å². The van der Waals surface area contributed by atoms with Crippen molar-refractivity contribution in [1.82, 2.24) is 4.98 Å². The van der Waals surface area contributed by atoms with Gasteiger partial charge in [-0.25, -0.2) is 9.78 Å². The molecular weight excluding hydrogens is 296 g/mol. The molecule has 0 N–H and O–H groups in total. The van der Waals surface area contributed by atoms with Crippen molar-refractivity contribution in [2.45, 2.75) is 4.84 Å². The lowest BCUT2D eigenvalue weighted by Gasteiger charge is -2.07. The molecule has 1 heterocycles. The molecule has 94 valence electrons. The van der Waals surface area contributed by atoms with Crippen molar-refractivity contribution in [1.29, 1.82) is 0 Å². The van der Waals surface area contributed by atoms with Crippen molar-refractivity contribution in [2.24, 2.45) is 0 Å². The van der Waals surface area contributed by atoms with Gasteiger partial charge >= 0.3 is 5.97 Å². The number of esters is 1. The van der Waals surface area contributed by atoms with E-state index in [1.54, 1.807) is 12.1 Å². The van der Waals surface area contributed by atoms with E-state index in [9.17, 15) is 4.79 Å². The molecule has 3 nitrogen and oxygen atoms in total. The van der Waals surface area contributed by atoms with Crippen molar-refractivity contribution in [3.63, 3.8) is 0 Å². The molecule has 0 amide bonds. The normalized spacial score (nSPS) is 10.9. The van der Waals surface area contributed by atoms with Crippen LogP contribution in [-0.2, 0) is 4.74 Å². The monoisotopic (exact) mass is 303 g/mol. The number of aromatic nitrogens is 1. The number of rotatable bonds is 3. The number of pyridine rings is 1. The quantitative estimate of drug-likeness (QED) is 0.638. The molecular formula is C12H8Cl3NO2. The van der Waals surface area contributed by atoms with Crippen LogP contribution in [0.4, 0.5) is 0 Å². The van der Waals surface area contributed by atoms with Crippen molar-refractivity contribution in [3.8, 4) is 0 Å². The van der Waals surface area contributed by atoms with Crippen LogP contribution in [0.5, 0.6) is 0 Å². The Morgan fingerprint density at radius 3 is 2.78 bits per heavy atom. The predicted molar refractivity (Wildman–Crippen MR) is 72.5 cm³/mol. The fourth-order valence-corrected chi connectivity index (χ4v) is 1.80. The van der Waals surface area contributed by atoms with Gasteiger partial charge in [-0.3, -0.25) is 0 Å². The highest BCUT2D eigenvalue weighted by molar-refractivity contribution is 6.44. The van der Waals surface area contributed by atoms with Gasteiger partial charge in [-0.2, -0.15) is 0 Å². The summed E-state index contributed by atoms with van der Waals surface area (Å²) in [5.74, 6) is -0.642. The van der Waals surface area contributed by atoms with Crippen LogP contribution in [0.2, 0.25) is 5.02 Å². The van der Waals surface area contributed by atoms with Gasteiger partial charge in [0.25, 0.3) is 0 Å². The van der Waals surface area contributed by atoms with Crippen LogP contribution in [-0.4, -0.2) is 22.4 Å². The summed E-state index contributed by atoms with van der Waals surface area (Å²) in [6, 6.07) is 9.00. The SMILES string of the molecule is O=C(OCC(Cl)Cl)c1nc2ccccc2cc1Cl. The summed E-state index contributed by atoms with van der Waals surface area (Å²) in [4.78, 5) is 15.1. The minimum Gasteiger partial charge on any atom is -0.458 e. The second-order valence-electron chi connectivity index (χ2n) is 3.50. The van der Waals surface area contributed by atoms with Crippen molar-refractivity contribution in [3.05, 3.63) is 41.0 Å². The average Bonchev–Trinajstić information content (AvgIpc) is 2.35. The van der Waals surface area contributed by atoms with E-state index in [2.05, 4.69) is 4.98 Å². The molecule has 0 bridgehead atoms. The highest BCUT2D eigenvalue weighted by atomic mass is 35.5. The third-order valence-corrected chi connectivity index (χ3v) is 2.75. The first-order valence-corrected chi connectivity index (χ1v) is 6.33. The van der Waals surface area contributed by atoms with E-state index >= 15 is 0 Å². The van der Waals surface area contributed by atoms with Gasteiger partial charge in [0.2, 0.25) is 0 Å². The number of ether oxygens (including phenoxy) is 1. The fourth-order valence-electron chi connectivity index (χ4n) is 1.44. The van der Waals surface area contributed by atoms with Crippen LogP contribution in [0.15, 0.2) is 30.3 Å². The summed E-state index contributed by atoms with van der Waals surface area (Å²) in [6.45, 7) is -0.104. The molecule has 0 saturated carbocycles. The lowest BCUT2D eigenvalue weighted by atomic mass is 10.2. The Bertz CT molecular complexity index is 587. The topological polar surface area (TPSA) is 39.2 Å². The molecule has 0 atom stereocenters. The van der Waals surface area contributed by atoms with Gasteiger partial charge in [0.05, 0.1) is 10.5 Å². The number of fused-ring (bicyclic) bond motifs is 1. The molecule has 0 fully saturated rings. The van der Waals surface area contributed by atoms with Gasteiger partial charge < -0.3 is 4.74 Å². The number of hydrogen-bond acceptors (Lipinski definition) is 3. The molecule has 1 aromatic heterocycles. The van der Waals surface area contributed by atoms with E-state index in [4.69, 9.17) is 39.5 Å². The van der Waals surface area contributed by atoms with E-state index in [1.165, 1.54) is 0 Å². The summed E-state index contributed by atoms with van der Waals surface area (Å²) >= 11 is 16.9. The van der Waals surface area contributed by atoms with E-state index in [0.29, 0.717) is 5.52 Å². The van der Waals surface area contributed by atoms with E-state index < -0.39 is 10.8 Å². The zero-order chi connectivity index (χ0) is 13.1. The Kier molecular flexibility index (Phi) is 4.27. The number of alkyl halides is 2. The first-order valence-electron chi connectivity index (χ1n) is 5.08. The Morgan fingerprint density at radius 1 is 1.33 bits per heavy atom. The van der Waals surface area contributed by atoms with E-state index in [1.807, 2.05) is 18.2 Å². The van der Waals surface area contributed by atoms with Gasteiger partial charge in [0, 0.05) is 5.39 Å². The second-order valence-corrected chi connectivity index (χ2v) is 5.19. The summed E-state index contributed by atoms with van der Waals surface area (Å²) in [5.41, 5.74) is 0.728. The maximum atomic E-state index is 11.7. The predicted octanol–water partition coefficient (Wildman–Crippen LogP) is 3.85. The van der Waals surface area contributed by atoms with Crippen LogP contribution < -0.4 is 0 Å². The van der Waals surface area contributed by atoms with Gasteiger partial charge in [-0.1, -0.05) is 29.8 Å². The molecule has 6 heteroatoms. The van der Waals surface area contributed by atoms with Gasteiger partial charge in [-0.05, 0) is 12.1 Å². The number of halogens is 3. The standard InChI is InChI=1S/C12H8Cl3NO2/c13-8-5-7-3-1-2-4-9(7)16-11(8)12(17)18-6-10(14)15/h1-5,10H,6H2. The van der Waals surface area contributed by atoms with E-state index in [-0.39, 0.29) is 17.3 Å². The first kappa shape index (κ1) is 13.4. The third-order valence-electron chi connectivity index (χ3n) is 2.21. The molecule has 1 aromatic carbocycles. The lowest BCUT2D eigenvalue weighted by molar-refractivity contribution is 0.0515. The number of benzene rings is 1. The maximum absolute atomic E-state index is 11.7. The van der Waals surface area contributed by atoms with Crippen molar-refractivity contribution >= 4 is 51.7 Å². The zero-order valence-corrected chi connectivity index (χ0v) is 11.3. The van der Waals surface area contributed by atoms with Crippen molar-refractivity contribution in [2.75, 3.05) is 6.61 Å². The number of nitrogens with zero attached hydrogens (tertiary/aromatic N) is 1. The molecule has 0 spiro atoms. The number of carbonyl (C=O) groups excluding carboxylic acids is 1. The molecule has 0 aliphatic heterocycles. The van der Waals surface area contributed by atoms with Crippen LogP contribution in [0, 0.1) is 0 Å². The maximum Gasteiger partial charge on any atom is 0.358 e. The smallest absolute Gasteiger partial charge is 0.358 e. The average molecular weight is 305 g/mol. The molecule has 0 unspecified atom stereocenters. The minimum absolute atomic E-state index is 0.0596. The summed E-state index contributed by atoms with van der Waals surface area (Å²) < 4.78 is 4.87. The van der Waals surface area contributed by atoms with E-state index in [0.717, 1.165) is 5.39 Å². The lowest BCUT2D eigenvalue weighted by Crippen LogP contribution is -2.12. The highest BCUT2D eigenvalue weighted by Crippen LogP contribution is 2.21. The highest BCUT2D eigenvalue weighted by Gasteiger charge is 2.16. The molecule has 2 rings (SSSR count).